The number of amides is 2. The summed E-state index contributed by atoms with van der Waals surface area (Å²) in [6, 6.07) is 21.8. The van der Waals surface area contributed by atoms with E-state index in [1.807, 2.05) is 38.1 Å². The van der Waals surface area contributed by atoms with E-state index in [9.17, 15) is 18.0 Å². The lowest BCUT2D eigenvalue weighted by atomic mass is 10.1. The van der Waals surface area contributed by atoms with Gasteiger partial charge in [-0.3, -0.25) is 13.9 Å². The third kappa shape index (κ3) is 7.27. The van der Waals surface area contributed by atoms with E-state index in [2.05, 4.69) is 5.32 Å². The van der Waals surface area contributed by atoms with Gasteiger partial charge >= 0.3 is 0 Å². The van der Waals surface area contributed by atoms with Crippen molar-refractivity contribution >= 4 is 27.5 Å². The fourth-order valence-electron chi connectivity index (χ4n) is 5.36. The first kappa shape index (κ1) is 30.1. The normalized spacial score (nSPS) is 14.3. The third-order valence-electron chi connectivity index (χ3n) is 7.49. The van der Waals surface area contributed by atoms with Crippen molar-refractivity contribution in [1.82, 2.24) is 10.2 Å². The highest BCUT2D eigenvalue weighted by Crippen LogP contribution is 2.32. The molecule has 3 aromatic carbocycles. The zero-order chi connectivity index (χ0) is 29.4. The first-order chi connectivity index (χ1) is 19.7. The molecule has 0 radical (unpaired) electrons. The monoisotopic (exact) mass is 577 g/mol. The second-order valence-corrected chi connectivity index (χ2v) is 12.3. The quantitative estimate of drug-likeness (QED) is 0.325. The maximum absolute atomic E-state index is 14.2. The van der Waals surface area contributed by atoms with Gasteiger partial charge in [0.1, 0.15) is 18.3 Å². The summed E-state index contributed by atoms with van der Waals surface area (Å²) in [7, 11) is -2.70. The SMILES string of the molecule is CCC(C(=O)NC1CCCC1)N(Cc1cccc(C)c1)C(=O)CN(c1ccccc1OC)S(=O)(=O)c1ccccc1. The maximum Gasteiger partial charge on any atom is 0.264 e. The molecule has 41 heavy (non-hydrogen) atoms. The number of anilines is 1. The molecule has 0 bridgehead atoms. The number of carbonyl (C=O) groups is 2. The highest BCUT2D eigenvalue weighted by molar-refractivity contribution is 7.92. The largest absolute Gasteiger partial charge is 0.495 e. The fourth-order valence-corrected chi connectivity index (χ4v) is 6.81. The molecule has 1 atom stereocenters. The van der Waals surface area contributed by atoms with Crippen molar-refractivity contribution in [2.45, 2.75) is 69.5 Å². The van der Waals surface area contributed by atoms with Crippen LogP contribution < -0.4 is 14.4 Å². The van der Waals surface area contributed by atoms with Crippen molar-refractivity contribution in [3.05, 3.63) is 90.0 Å². The summed E-state index contributed by atoms with van der Waals surface area (Å²) in [4.78, 5) is 29.4. The van der Waals surface area contributed by atoms with E-state index in [-0.39, 0.29) is 29.1 Å². The highest BCUT2D eigenvalue weighted by atomic mass is 32.2. The average molecular weight is 578 g/mol. The van der Waals surface area contributed by atoms with Gasteiger partial charge in [-0.1, -0.05) is 79.9 Å². The minimum absolute atomic E-state index is 0.0509. The van der Waals surface area contributed by atoms with E-state index < -0.39 is 28.5 Å². The van der Waals surface area contributed by atoms with E-state index in [1.54, 1.807) is 42.5 Å². The number of aryl methyl sites for hydroxylation is 1. The Morgan fingerprint density at radius 2 is 1.66 bits per heavy atom. The van der Waals surface area contributed by atoms with Crippen molar-refractivity contribution in [3.8, 4) is 5.75 Å². The molecule has 2 amide bonds. The van der Waals surface area contributed by atoms with Crippen LogP contribution in [0.5, 0.6) is 5.75 Å². The predicted molar refractivity (Wildman–Crippen MR) is 160 cm³/mol. The van der Waals surface area contributed by atoms with Crippen molar-refractivity contribution in [1.29, 1.82) is 0 Å². The Hall–Kier alpha value is -3.85. The Morgan fingerprint density at radius 1 is 0.976 bits per heavy atom. The number of sulfonamides is 1. The van der Waals surface area contributed by atoms with Gasteiger partial charge in [-0.25, -0.2) is 8.42 Å². The molecule has 1 unspecified atom stereocenters. The smallest absolute Gasteiger partial charge is 0.264 e. The number of benzene rings is 3. The summed E-state index contributed by atoms with van der Waals surface area (Å²) >= 11 is 0. The summed E-state index contributed by atoms with van der Waals surface area (Å²) < 4.78 is 34.5. The number of hydrogen-bond acceptors (Lipinski definition) is 5. The minimum Gasteiger partial charge on any atom is -0.495 e. The number of nitrogens with one attached hydrogen (secondary N) is 1. The zero-order valence-electron chi connectivity index (χ0n) is 24.0. The summed E-state index contributed by atoms with van der Waals surface area (Å²) in [6.07, 6.45) is 4.36. The van der Waals surface area contributed by atoms with Gasteiger partial charge in [-0.05, 0) is 56.0 Å². The molecular weight excluding hydrogens is 538 g/mol. The molecule has 1 saturated carbocycles. The number of para-hydroxylation sites is 2. The Balaban J connectivity index is 1.73. The molecule has 3 aromatic rings. The van der Waals surface area contributed by atoms with Crippen molar-refractivity contribution in [3.63, 3.8) is 0 Å². The molecule has 0 saturated heterocycles. The minimum atomic E-state index is -4.16. The van der Waals surface area contributed by atoms with Crippen molar-refractivity contribution < 1.29 is 22.7 Å². The van der Waals surface area contributed by atoms with E-state index >= 15 is 0 Å². The predicted octanol–water partition coefficient (Wildman–Crippen LogP) is 5.07. The molecular formula is C32H39N3O5S. The second kappa shape index (κ2) is 13.7. The van der Waals surface area contributed by atoms with Gasteiger partial charge < -0.3 is 15.0 Å². The van der Waals surface area contributed by atoms with Crippen LogP contribution in [0.3, 0.4) is 0 Å². The molecule has 1 fully saturated rings. The molecule has 218 valence electrons. The maximum atomic E-state index is 14.2. The summed E-state index contributed by atoms with van der Waals surface area (Å²) in [5.41, 5.74) is 2.13. The van der Waals surface area contributed by atoms with Crippen LogP contribution in [0.2, 0.25) is 0 Å². The lowest BCUT2D eigenvalue weighted by Gasteiger charge is -2.34. The molecule has 9 heteroatoms. The molecule has 1 N–H and O–H groups in total. The zero-order valence-corrected chi connectivity index (χ0v) is 24.8. The van der Waals surface area contributed by atoms with Crippen LogP contribution in [0, 0.1) is 6.92 Å². The number of methoxy groups -OCH3 is 1. The van der Waals surface area contributed by atoms with Crippen LogP contribution in [-0.2, 0) is 26.2 Å². The van der Waals surface area contributed by atoms with E-state index in [1.165, 1.54) is 24.1 Å². The Labute approximate surface area is 243 Å². The lowest BCUT2D eigenvalue weighted by molar-refractivity contribution is -0.140. The molecule has 0 aromatic heterocycles. The Morgan fingerprint density at radius 3 is 2.32 bits per heavy atom. The number of ether oxygens (including phenoxy) is 1. The van der Waals surface area contributed by atoms with Gasteiger partial charge in [0.15, 0.2) is 0 Å². The molecule has 1 aliphatic carbocycles. The van der Waals surface area contributed by atoms with Gasteiger partial charge in [0.2, 0.25) is 11.8 Å². The molecule has 0 aliphatic heterocycles. The molecule has 4 rings (SSSR count). The molecule has 0 spiro atoms. The first-order valence-corrected chi connectivity index (χ1v) is 15.5. The Bertz CT molecular complexity index is 1440. The first-order valence-electron chi connectivity index (χ1n) is 14.1. The van der Waals surface area contributed by atoms with Crippen LogP contribution in [0.15, 0.2) is 83.8 Å². The second-order valence-electron chi connectivity index (χ2n) is 10.4. The van der Waals surface area contributed by atoms with Crippen LogP contribution in [-0.4, -0.2) is 50.9 Å². The van der Waals surface area contributed by atoms with E-state index in [0.29, 0.717) is 12.2 Å². The standard InChI is InChI=1S/C32H39N3O5S/c1-4-28(32(37)33-26-15-8-9-16-26)34(22-25-14-12-13-24(2)21-25)31(36)23-35(29-19-10-11-20-30(29)40-3)41(38,39)27-17-6-5-7-18-27/h5-7,10-14,17-21,26,28H,4,8-9,15-16,22-23H2,1-3H3,(H,33,37). The van der Waals surface area contributed by atoms with Crippen LogP contribution in [0.4, 0.5) is 5.69 Å². The van der Waals surface area contributed by atoms with Crippen LogP contribution >= 0.6 is 0 Å². The number of carbonyl (C=O) groups excluding carboxylic acids is 2. The molecule has 1 aliphatic rings. The van der Waals surface area contributed by atoms with Gasteiger partial charge in [0.25, 0.3) is 10.0 Å². The van der Waals surface area contributed by atoms with Crippen LogP contribution in [0.1, 0.15) is 50.2 Å². The van der Waals surface area contributed by atoms with Gasteiger partial charge in [0, 0.05) is 12.6 Å². The third-order valence-corrected chi connectivity index (χ3v) is 9.26. The summed E-state index contributed by atoms with van der Waals surface area (Å²) in [6.45, 7) is 3.50. The van der Waals surface area contributed by atoms with E-state index in [0.717, 1.165) is 41.1 Å². The number of hydrogen-bond donors (Lipinski definition) is 1. The topological polar surface area (TPSA) is 96.0 Å². The Kier molecular flexibility index (Phi) is 10.0. The van der Waals surface area contributed by atoms with Gasteiger partial charge in [-0.2, -0.15) is 0 Å². The van der Waals surface area contributed by atoms with Crippen LogP contribution in [0.25, 0.3) is 0 Å². The fraction of sp³-hybridized carbons (Fsp3) is 0.375. The number of nitrogens with zero attached hydrogens (tertiary/aromatic N) is 2. The molecule has 0 heterocycles. The molecule has 8 nitrogen and oxygen atoms in total. The summed E-state index contributed by atoms with van der Waals surface area (Å²) in [5, 5.41) is 3.14. The van der Waals surface area contributed by atoms with Crippen molar-refractivity contribution in [2.75, 3.05) is 18.0 Å². The number of rotatable bonds is 12. The van der Waals surface area contributed by atoms with Gasteiger partial charge in [-0.15, -0.1) is 0 Å². The van der Waals surface area contributed by atoms with E-state index in [4.69, 9.17) is 4.74 Å². The lowest BCUT2D eigenvalue weighted by Crippen LogP contribution is -2.53. The van der Waals surface area contributed by atoms with Crippen molar-refractivity contribution in [2.24, 2.45) is 0 Å². The summed E-state index contributed by atoms with van der Waals surface area (Å²) in [5.74, 6) is -0.378. The highest BCUT2D eigenvalue weighted by Gasteiger charge is 2.35. The average Bonchev–Trinajstić information content (AvgIpc) is 3.49. The van der Waals surface area contributed by atoms with Gasteiger partial charge in [0.05, 0.1) is 17.7 Å².